The van der Waals surface area contributed by atoms with Gasteiger partial charge in [0.05, 0.1) is 12.6 Å². The molecule has 0 amide bonds. The Kier molecular flexibility index (Phi) is 2.96. The zero-order chi connectivity index (χ0) is 11.5. The van der Waals surface area contributed by atoms with Crippen molar-refractivity contribution in [2.45, 2.75) is 19.5 Å². The topological polar surface area (TPSA) is 56.7 Å². The number of halogens is 1. The second-order valence-corrected chi connectivity index (χ2v) is 3.72. The third kappa shape index (κ3) is 2.43. The summed E-state index contributed by atoms with van der Waals surface area (Å²) in [5, 5.41) is 4.19. The van der Waals surface area contributed by atoms with Crippen LogP contribution in [0.5, 0.6) is 0 Å². The minimum absolute atomic E-state index is 0.186. The average molecular weight is 220 g/mol. The summed E-state index contributed by atoms with van der Waals surface area (Å²) in [6.45, 7) is 2.32. The van der Waals surface area contributed by atoms with Crippen LogP contribution in [0.1, 0.15) is 24.4 Å². The van der Waals surface area contributed by atoms with E-state index in [2.05, 4.69) is 10.1 Å². The predicted octanol–water partition coefficient (Wildman–Crippen LogP) is 1.49. The van der Waals surface area contributed by atoms with Gasteiger partial charge in [0.2, 0.25) is 0 Å². The lowest BCUT2D eigenvalue weighted by molar-refractivity contribution is 0.615. The monoisotopic (exact) mass is 220 g/mol. The molecule has 0 aliphatic heterocycles. The maximum absolute atomic E-state index is 12.9. The first-order chi connectivity index (χ1) is 7.65. The highest BCUT2D eigenvalue weighted by Crippen LogP contribution is 2.06. The zero-order valence-corrected chi connectivity index (χ0v) is 8.97. The first kappa shape index (κ1) is 10.8. The number of benzene rings is 1. The van der Waals surface area contributed by atoms with Crippen LogP contribution in [0.4, 0.5) is 4.39 Å². The molecule has 0 saturated heterocycles. The molecule has 5 heteroatoms. The summed E-state index contributed by atoms with van der Waals surface area (Å²) in [5.74, 6) is 0.349. The van der Waals surface area contributed by atoms with Crippen molar-refractivity contribution in [1.82, 2.24) is 14.8 Å². The van der Waals surface area contributed by atoms with Crippen LogP contribution in [-0.2, 0) is 6.54 Å². The van der Waals surface area contributed by atoms with Crippen molar-refractivity contribution in [3.05, 3.63) is 47.8 Å². The molecule has 0 spiro atoms. The van der Waals surface area contributed by atoms with E-state index in [0.29, 0.717) is 12.4 Å². The molecule has 0 aliphatic carbocycles. The van der Waals surface area contributed by atoms with Crippen molar-refractivity contribution < 1.29 is 4.39 Å². The third-order valence-corrected chi connectivity index (χ3v) is 2.20. The van der Waals surface area contributed by atoms with Gasteiger partial charge in [-0.3, -0.25) is 0 Å². The van der Waals surface area contributed by atoms with E-state index in [1.54, 1.807) is 17.1 Å². The van der Waals surface area contributed by atoms with Gasteiger partial charge in [0.25, 0.3) is 0 Å². The van der Waals surface area contributed by atoms with Crippen LogP contribution in [0.25, 0.3) is 0 Å². The Hall–Kier alpha value is -1.75. The predicted molar refractivity (Wildman–Crippen MR) is 58.1 cm³/mol. The van der Waals surface area contributed by atoms with E-state index in [1.165, 1.54) is 12.1 Å². The summed E-state index contributed by atoms with van der Waals surface area (Å²) in [6, 6.07) is 6.23. The van der Waals surface area contributed by atoms with Gasteiger partial charge in [-0.15, -0.1) is 0 Å². The Morgan fingerprint density at radius 2 is 2.31 bits per heavy atom. The number of nitrogens with two attached hydrogens (primary N) is 1. The van der Waals surface area contributed by atoms with Gasteiger partial charge in [-0.2, -0.15) is 5.10 Å². The van der Waals surface area contributed by atoms with Gasteiger partial charge in [-0.05, 0) is 24.6 Å². The highest BCUT2D eigenvalue weighted by molar-refractivity contribution is 5.16. The largest absolute Gasteiger partial charge is 0.321 e. The second-order valence-electron chi connectivity index (χ2n) is 3.72. The number of aromatic nitrogens is 3. The lowest BCUT2D eigenvalue weighted by atomic mass is 10.2. The van der Waals surface area contributed by atoms with Crippen LogP contribution in [0, 0.1) is 5.82 Å². The molecule has 16 heavy (non-hydrogen) atoms. The molecule has 1 aromatic carbocycles. The van der Waals surface area contributed by atoms with E-state index in [4.69, 9.17) is 5.73 Å². The smallest absolute Gasteiger partial charge is 0.166 e. The molecular formula is C11H13FN4. The summed E-state index contributed by atoms with van der Waals surface area (Å²) in [7, 11) is 0. The van der Waals surface area contributed by atoms with Crippen molar-refractivity contribution in [1.29, 1.82) is 0 Å². The summed E-state index contributed by atoms with van der Waals surface area (Å²) >= 11 is 0. The van der Waals surface area contributed by atoms with Gasteiger partial charge in [-0.25, -0.2) is 14.1 Å². The van der Waals surface area contributed by atoms with Gasteiger partial charge in [0.1, 0.15) is 12.1 Å². The van der Waals surface area contributed by atoms with Crippen molar-refractivity contribution in [2.75, 3.05) is 0 Å². The van der Waals surface area contributed by atoms with E-state index >= 15 is 0 Å². The molecule has 4 nitrogen and oxygen atoms in total. The van der Waals surface area contributed by atoms with E-state index in [-0.39, 0.29) is 11.9 Å². The van der Waals surface area contributed by atoms with Crippen LogP contribution in [-0.4, -0.2) is 14.8 Å². The Bertz CT molecular complexity index is 478. The van der Waals surface area contributed by atoms with Gasteiger partial charge < -0.3 is 5.73 Å². The fraction of sp³-hybridized carbons (Fsp3) is 0.273. The quantitative estimate of drug-likeness (QED) is 0.852. The Labute approximate surface area is 92.9 Å². The second kappa shape index (κ2) is 4.40. The molecule has 0 radical (unpaired) electrons. The molecule has 0 saturated carbocycles. The number of hydrogen-bond donors (Lipinski definition) is 1. The van der Waals surface area contributed by atoms with Crippen molar-refractivity contribution in [2.24, 2.45) is 5.73 Å². The van der Waals surface area contributed by atoms with E-state index in [0.717, 1.165) is 5.56 Å². The lowest BCUT2D eigenvalue weighted by Crippen LogP contribution is -2.08. The molecule has 1 heterocycles. The van der Waals surface area contributed by atoms with Crippen LogP contribution >= 0.6 is 0 Å². The molecule has 2 N–H and O–H groups in total. The first-order valence-corrected chi connectivity index (χ1v) is 5.04. The molecule has 0 aliphatic rings. The van der Waals surface area contributed by atoms with Gasteiger partial charge in [-0.1, -0.05) is 12.1 Å². The Morgan fingerprint density at radius 3 is 2.94 bits per heavy atom. The SMILES string of the molecule is CC(N)c1ncn(Cc2cccc(F)c2)n1. The first-order valence-electron chi connectivity index (χ1n) is 5.04. The molecule has 1 atom stereocenters. The molecule has 0 bridgehead atoms. The summed E-state index contributed by atoms with van der Waals surface area (Å²) < 4.78 is 14.6. The molecule has 2 aromatic rings. The summed E-state index contributed by atoms with van der Waals surface area (Å²) in [5.41, 5.74) is 6.49. The molecule has 1 aromatic heterocycles. The minimum Gasteiger partial charge on any atom is -0.321 e. The van der Waals surface area contributed by atoms with Crippen LogP contribution in [0.3, 0.4) is 0 Å². The average Bonchev–Trinajstić information content (AvgIpc) is 2.66. The fourth-order valence-corrected chi connectivity index (χ4v) is 1.42. The van der Waals surface area contributed by atoms with Gasteiger partial charge in [0, 0.05) is 0 Å². The maximum Gasteiger partial charge on any atom is 0.166 e. The number of rotatable bonds is 3. The Balaban J connectivity index is 2.14. The number of nitrogens with zero attached hydrogens (tertiary/aromatic N) is 3. The van der Waals surface area contributed by atoms with Gasteiger partial charge in [0.15, 0.2) is 5.82 Å². The maximum atomic E-state index is 12.9. The normalized spacial score (nSPS) is 12.7. The highest BCUT2D eigenvalue weighted by Gasteiger charge is 2.05. The van der Waals surface area contributed by atoms with Crippen molar-refractivity contribution >= 4 is 0 Å². The highest BCUT2D eigenvalue weighted by atomic mass is 19.1. The van der Waals surface area contributed by atoms with Crippen molar-refractivity contribution in [3.8, 4) is 0 Å². The lowest BCUT2D eigenvalue weighted by Gasteiger charge is -2.01. The van der Waals surface area contributed by atoms with Crippen molar-refractivity contribution in [3.63, 3.8) is 0 Å². The third-order valence-electron chi connectivity index (χ3n) is 2.20. The molecule has 84 valence electrons. The Morgan fingerprint density at radius 1 is 1.50 bits per heavy atom. The summed E-state index contributed by atoms with van der Waals surface area (Å²) in [6.07, 6.45) is 1.60. The molecular weight excluding hydrogens is 207 g/mol. The van der Waals surface area contributed by atoms with Crippen LogP contribution < -0.4 is 5.73 Å². The molecule has 0 fully saturated rings. The summed E-state index contributed by atoms with van der Waals surface area (Å²) in [4.78, 5) is 4.07. The molecule has 1 unspecified atom stereocenters. The molecule has 2 rings (SSSR count). The number of hydrogen-bond acceptors (Lipinski definition) is 3. The van der Waals surface area contributed by atoms with Crippen LogP contribution in [0.15, 0.2) is 30.6 Å². The van der Waals surface area contributed by atoms with E-state index < -0.39 is 0 Å². The van der Waals surface area contributed by atoms with E-state index in [9.17, 15) is 4.39 Å². The van der Waals surface area contributed by atoms with Gasteiger partial charge >= 0.3 is 0 Å². The van der Waals surface area contributed by atoms with Crippen LogP contribution in [0.2, 0.25) is 0 Å². The van der Waals surface area contributed by atoms with E-state index in [1.807, 2.05) is 13.0 Å². The zero-order valence-electron chi connectivity index (χ0n) is 8.97. The fourth-order valence-electron chi connectivity index (χ4n) is 1.42. The minimum atomic E-state index is -0.245. The standard InChI is InChI=1S/C11H13FN4/c1-8(13)11-14-7-16(15-11)6-9-3-2-4-10(12)5-9/h2-5,7-8H,6,13H2,1H3.